The van der Waals surface area contributed by atoms with Gasteiger partial charge >= 0.3 is 0 Å². The summed E-state index contributed by atoms with van der Waals surface area (Å²) in [4.78, 5) is 0. The zero-order valence-electron chi connectivity index (χ0n) is 13.0. The highest BCUT2D eigenvalue weighted by molar-refractivity contribution is 5.25. The van der Waals surface area contributed by atoms with Gasteiger partial charge in [0.05, 0.1) is 0 Å². The molecule has 0 heteroatoms. The van der Waals surface area contributed by atoms with E-state index < -0.39 is 0 Å². The summed E-state index contributed by atoms with van der Waals surface area (Å²) in [5, 5.41) is 0. The Morgan fingerprint density at radius 1 is 1.06 bits per heavy atom. The first-order valence-electron chi connectivity index (χ1n) is 7.57. The lowest BCUT2D eigenvalue weighted by molar-refractivity contribution is 0.505. The van der Waals surface area contributed by atoms with Gasteiger partial charge in [-0.25, -0.2) is 0 Å². The molecule has 0 radical (unpaired) electrons. The lowest BCUT2D eigenvalue weighted by Crippen LogP contribution is -1.88. The molecule has 1 rings (SSSR count). The van der Waals surface area contributed by atoms with Crippen molar-refractivity contribution in [2.45, 2.75) is 72.6 Å². The molecule has 0 N–H and O–H groups in total. The van der Waals surface area contributed by atoms with Crippen LogP contribution >= 0.6 is 0 Å². The predicted molar refractivity (Wildman–Crippen MR) is 84.9 cm³/mol. The fourth-order valence-electron chi connectivity index (χ4n) is 2.28. The first kappa shape index (κ1) is 17.2. The van der Waals surface area contributed by atoms with E-state index in [1.54, 1.807) is 0 Å². The summed E-state index contributed by atoms with van der Waals surface area (Å²) in [6.07, 6.45) is 16.2. The van der Waals surface area contributed by atoms with E-state index in [0.29, 0.717) is 0 Å². The first-order valence-corrected chi connectivity index (χ1v) is 7.57. The minimum absolute atomic E-state index is 1.03. The van der Waals surface area contributed by atoms with Crippen molar-refractivity contribution in [1.82, 2.24) is 0 Å². The number of hydrogen-bond donors (Lipinski definition) is 0. The van der Waals surface area contributed by atoms with Crippen LogP contribution in [-0.4, -0.2) is 0 Å². The van der Waals surface area contributed by atoms with E-state index in [4.69, 9.17) is 0 Å². The van der Waals surface area contributed by atoms with Crippen molar-refractivity contribution < 1.29 is 0 Å². The summed E-state index contributed by atoms with van der Waals surface area (Å²) < 4.78 is 0. The molecule has 1 fully saturated rings. The van der Waals surface area contributed by atoms with Crippen LogP contribution < -0.4 is 0 Å². The van der Waals surface area contributed by atoms with Gasteiger partial charge in [-0.15, -0.1) is 0 Å². The van der Waals surface area contributed by atoms with Crippen molar-refractivity contribution in [3.63, 3.8) is 0 Å². The summed E-state index contributed by atoms with van der Waals surface area (Å²) in [6.45, 7) is 12.4. The molecule has 0 aliphatic heterocycles. The van der Waals surface area contributed by atoms with E-state index in [2.05, 4.69) is 46.4 Å². The smallest absolute Gasteiger partial charge is 0.0374 e. The van der Waals surface area contributed by atoms with E-state index in [9.17, 15) is 0 Å². The zero-order valence-corrected chi connectivity index (χ0v) is 13.0. The SMILES string of the molecule is C=C/C(C)=C\C(C)=C/CC.CC1CCCCCC1. The maximum absolute atomic E-state index is 3.68. The van der Waals surface area contributed by atoms with Crippen LogP contribution in [-0.2, 0) is 0 Å². The number of rotatable bonds is 3. The van der Waals surface area contributed by atoms with Gasteiger partial charge in [0.2, 0.25) is 0 Å². The second-order valence-electron chi connectivity index (χ2n) is 5.55. The summed E-state index contributed by atoms with van der Waals surface area (Å²) in [5.41, 5.74) is 2.54. The van der Waals surface area contributed by atoms with Gasteiger partial charge in [0, 0.05) is 0 Å². The second kappa shape index (κ2) is 11.3. The molecule has 0 spiro atoms. The third-order valence-electron chi connectivity index (χ3n) is 3.45. The van der Waals surface area contributed by atoms with Crippen LogP contribution in [0.5, 0.6) is 0 Å². The summed E-state index contributed by atoms with van der Waals surface area (Å²) >= 11 is 0. The average Bonchev–Trinajstić information content (AvgIpc) is 2.58. The fraction of sp³-hybridized carbons (Fsp3) is 0.667. The topological polar surface area (TPSA) is 0 Å². The minimum Gasteiger partial charge on any atom is -0.0988 e. The van der Waals surface area contributed by atoms with E-state index in [0.717, 1.165) is 12.3 Å². The number of hydrogen-bond acceptors (Lipinski definition) is 0. The molecule has 0 aromatic carbocycles. The lowest BCUT2D eigenvalue weighted by Gasteiger charge is -2.02. The van der Waals surface area contributed by atoms with Crippen LogP contribution in [0.25, 0.3) is 0 Å². The van der Waals surface area contributed by atoms with E-state index >= 15 is 0 Å². The highest BCUT2D eigenvalue weighted by Gasteiger charge is 2.05. The standard InChI is InChI=1S/C10H16.C8H16/c1-5-7-10(4)8-9(3)6-2;1-8-6-4-2-3-5-7-8/h6-8H,2,5H2,1,3-4H3;8H,2-7H2,1H3/b9-8-,10-7-;. The van der Waals surface area contributed by atoms with Gasteiger partial charge in [-0.05, 0) is 26.2 Å². The molecule has 0 atom stereocenters. The van der Waals surface area contributed by atoms with Gasteiger partial charge in [-0.1, -0.05) is 88.3 Å². The highest BCUT2D eigenvalue weighted by Crippen LogP contribution is 2.21. The average molecular weight is 248 g/mol. The maximum Gasteiger partial charge on any atom is -0.0374 e. The molecular weight excluding hydrogens is 216 g/mol. The van der Waals surface area contributed by atoms with Gasteiger partial charge in [0.15, 0.2) is 0 Å². The van der Waals surface area contributed by atoms with Crippen molar-refractivity contribution in [2.24, 2.45) is 5.92 Å². The molecule has 0 amide bonds. The van der Waals surface area contributed by atoms with Gasteiger partial charge < -0.3 is 0 Å². The Hall–Kier alpha value is -0.780. The molecule has 0 nitrogen and oxygen atoms in total. The molecule has 0 heterocycles. The van der Waals surface area contributed by atoms with Crippen molar-refractivity contribution in [2.75, 3.05) is 0 Å². The van der Waals surface area contributed by atoms with Crippen LogP contribution in [0.2, 0.25) is 0 Å². The van der Waals surface area contributed by atoms with Crippen LogP contribution in [0, 0.1) is 5.92 Å². The van der Waals surface area contributed by atoms with Gasteiger partial charge in [0.25, 0.3) is 0 Å². The Kier molecular flexibility index (Phi) is 10.8. The molecule has 1 saturated carbocycles. The normalized spacial score (nSPS) is 18.7. The van der Waals surface area contributed by atoms with Crippen molar-refractivity contribution in [3.05, 3.63) is 36.0 Å². The molecule has 1 aliphatic carbocycles. The molecule has 0 unspecified atom stereocenters. The molecule has 0 saturated heterocycles. The minimum atomic E-state index is 1.03. The second-order valence-corrected chi connectivity index (χ2v) is 5.55. The van der Waals surface area contributed by atoms with Crippen LogP contribution in [0.15, 0.2) is 36.0 Å². The fourth-order valence-corrected chi connectivity index (χ4v) is 2.28. The van der Waals surface area contributed by atoms with E-state index in [1.807, 2.05) is 6.08 Å². The quantitative estimate of drug-likeness (QED) is 0.397. The Bertz CT molecular complexity index is 260. The Morgan fingerprint density at radius 3 is 2.06 bits per heavy atom. The summed E-state index contributed by atoms with van der Waals surface area (Å²) in [6, 6.07) is 0. The largest absolute Gasteiger partial charge is 0.0988 e. The van der Waals surface area contributed by atoms with E-state index in [-0.39, 0.29) is 0 Å². The Balaban J connectivity index is 0.000000327. The van der Waals surface area contributed by atoms with Gasteiger partial charge in [-0.3, -0.25) is 0 Å². The summed E-state index contributed by atoms with van der Waals surface area (Å²) in [5.74, 6) is 1.03. The van der Waals surface area contributed by atoms with E-state index in [1.165, 1.54) is 49.7 Å². The Morgan fingerprint density at radius 2 is 1.61 bits per heavy atom. The molecule has 104 valence electrons. The maximum atomic E-state index is 3.68. The predicted octanol–water partition coefficient (Wildman–Crippen LogP) is 6.45. The molecular formula is C18H32. The zero-order chi connectivity index (χ0) is 13.8. The third kappa shape index (κ3) is 10.4. The Labute approximate surface area is 115 Å². The monoisotopic (exact) mass is 248 g/mol. The molecule has 1 aliphatic rings. The first-order chi connectivity index (χ1) is 8.60. The van der Waals surface area contributed by atoms with Crippen molar-refractivity contribution >= 4 is 0 Å². The lowest BCUT2D eigenvalue weighted by atomic mass is 10.0. The van der Waals surface area contributed by atoms with Crippen LogP contribution in [0.1, 0.15) is 72.6 Å². The highest BCUT2D eigenvalue weighted by atomic mass is 14.1. The molecule has 0 aromatic rings. The third-order valence-corrected chi connectivity index (χ3v) is 3.45. The molecule has 18 heavy (non-hydrogen) atoms. The molecule has 0 aromatic heterocycles. The summed E-state index contributed by atoms with van der Waals surface area (Å²) in [7, 11) is 0. The number of allylic oxidation sites excluding steroid dienone is 5. The van der Waals surface area contributed by atoms with Gasteiger partial charge in [-0.2, -0.15) is 0 Å². The molecule has 0 bridgehead atoms. The van der Waals surface area contributed by atoms with Crippen LogP contribution in [0.4, 0.5) is 0 Å². The van der Waals surface area contributed by atoms with Crippen molar-refractivity contribution in [1.29, 1.82) is 0 Å². The van der Waals surface area contributed by atoms with Crippen molar-refractivity contribution in [3.8, 4) is 0 Å². The van der Waals surface area contributed by atoms with Gasteiger partial charge in [0.1, 0.15) is 0 Å². The van der Waals surface area contributed by atoms with Crippen LogP contribution in [0.3, 0.4) is 0 Å².